The zero-order valence-corrected chi connectivity index (χ0v) is 13.5. The SMILES string of the molecule is CCNC(CC12CC3CC(CC(C3)C1)C2)c1ccc(C)o1. The molecule has 0 saturated heterocycles. The lowest BCUT2D eigenvalue weighted by Gasteiger charge is -2.57. The van der Waals surface area contributed by atoms with Gasteiger partial charge in [-0.15, -0.1) is 0 Å². The summed E-state index contributed by atoms with van der Waals surface area (Å²) in [6.45, 7) is 5.29. The van der Waals surface area contributed by atoms with Crippen molar-refractivity contribution in [2.75, 3.05) is 6.54 Å². The molecule has 0 amide bonds. The summed E-state index contributed by atoms with van der Waals surface area (Å²) in [6.07, 6.45) is 10.3. The molecule has 4 aliphatic carbocycles. The summed E-state index contributed by atoms with van der Waals surface area (Å²) >= 11 is 0. The molecule has 116 valence electrons. The molecule has 1 heterocycles. The second-order valence-electron chi connectivity index (χ2n) is 8.18. The van der Waals surface area contributed by atoms with E-state index in [0.717, 1.165) is 35.8 Å². The van der Waals surface area contributed by atoms with Crippen LogP contribution in [-0.4, -0.2) is 6.54 Å². The van der Waals surface area contributed by atoms with Crippen molar-refractivity contribution in [3.63, 3.8) is 0 Å². The van der Waals surface area contributed by atoms with E-state index >= 15 is 0 Å². The Morgan fingerprint density at radius 3 is 2.24 bits per heavy atom. The Morgan fingerprint density at radius 2 is 1.76 bits per heavy atom. The van der Waals surface area contributed by atoms with Crippen LogP contribution in [0.2, 0.25) is 0 Å². The Labute approximate surface area is 128 Å². The fraction of sp³-hybridized carbons (Fsp3) is 0.789. The third-order valence-corrected chi connectivity index (χ3v) is 6.36. The molecule has 4 aliphatic rings. The van der Waals surface area contributed by atoms with Crippen LogP contribution in [0.5, 0.6) is 0 Å². The first-order valence-electron chi connectivity index (χ1n) is 8.95. The van der Waals surface area contributed by atoms with Crippen molar-refractivity contribution in [1.29, 1.82) is 0 Å². The Hall–Kier alpha value is -0.760. The number of rotatable bonds is 5. The maximum atomic E-state index is 5.95. The third kappa shape index (κ3) is 2.56. The van der Waals surface area contributed by atoms with E-state index in [-0.39, 0.29) is 0 Å². The van der Waals surface area contributed by atoms with Gasteiger partial charge in [-0.2, -0.15) is 0 Å². The van der Waals surface area contributed by atoms with E-state index in [4.69, 9.17) is 4.42 Å². The summed E-state index contributed by atoms with van der Waals surface area (Å²) in [4.78, 5) is 0. The number of furan rings is 1. The molecule has 21 heavy (non-hydrogen) atoms. The first kappa shape index (κ1) is 13.9. The lowest BCUT2D eigenvalue weighted by molar-refractivity contribution is -0.0631. The van der Waals surface area contributed by atoms with Gasteiger partial charge in [0.25, 0.3) is 0 Å². The topological polar surface area (TPSA) is 25.2 Å². The summed E-state index contributed by atoms with van der Waals surface area (Å²) in [5.74, 6) is 5.31. The van der Waals surface area contributed by atoms with E-state index in [2.05, 4.69) is 31.3 Å². The van der Waals surface area contributed by atoms with Gasteiger partial charge in [0.1, 0.15) is 11.5 Å². The maximum absolute atomic E-state index is 5.95. The van der Waals surface area contributed by atoms with Crippen LogP contribution in [0.4, 0.5) is 0 Å². The zero-order valence-electron chi connectivity index (χ0n) is 13.5. The van der Waals surface area contributed by atoms with Crippen LogP contribution in [0, 0.1) is 30.1 Å². The van der Waals surface area contributed by atoms with Gasteiger partial charge in [0.15, 0.2) is 0 Å². The molecule has 4 saturated carbocycles. The van der Waals surface area contributed by atoms with Gasteiger partial charge in [0.2, 0.25) is 0 Å². The summed E-state index contributed by atoms with van der Waals surface area (Å²) < 4.78 is 5.95. The number of hydrogen-bond donors (Lipinski definition) is 1. The average molecular weight is 287 g/mol. The minimum Gasteiger partial charge on any atom is -0.465 e. The van der Waals surface area contributed by atoms with Crippen molar-refractivity contribution in [1.82, 2.24) is 5.32 Å². The van der Waals surface area contributed by atoms with Crippen LogP contribution in [0.25, 0.3) is 0 Å². The molecule has 1 N–H and O–H groups in total. The van der Waals surface area contributed by atoms with Gasteiger partial charge >= 0.3 is 0 Å². The fourth-order valence-electron chi connectivity index (χ4n) is 6.13. The standard InChI is InChI=1S/C19H29NO/c1-3-20-17(18-5-4-13(2)21-18)12-19-9-14-6-15(10-19)8-16(7-14)11-19/h4-5,14-17,20H,3,6-12H2,1-2H3. The first-order chi connectivity index (χ1) is 10.2. The van der Waals surface area contributed by atoms with E-state index in [1.807, 2.05) is 0 Å². The highest BCUT2D eigenvalue weighted by molar-refractivity contribution is 5.12. The highest BCUT2D eigenvalue weighted by Gasteiger charge is 2.51. The van der Waals surface area contributed by atoms with Gasteiger partial charge in [-0.25, -0.2) is 0 Å². The number of nitrogens with one attached hydrogen (secondary N) is 1. The van der Waals surface area contributed by atoms with Crippen LogP contribution >= 0.6 is 0 Å². The number of hydrogen-bond acceptors (Lipinski definition) is 2. The molecule has 0 spiro atoms. The van der Waals surface area contributed by atoms with Crippen LogP contribution < -0.4 is 5.32 Å². The Bertz CT molecular complexity index is 468. The van der Waals surface area contributed by atoms with Gasteiger partial charge in [-0.3, -0.25) is 0 Å². The maximum Gasteiger partial charge on any atom is 0.121 e. The highest BCUT2D eigenvalue weighted by atomic mass is 16.3. The molecule has 2 heteroatoms. The Kier molecular flexibility index (Phi) is 3.40. The van der Waals surface area contributed by atoms with Crippen molar-refractivity contribution in [2.24, 2.45) is 23.2 Å². The summed E-state index contributed by atoms with van der Waals surface area (Å²) in [7, 11) is 0. The second-order valence-corrected chi connectivity index (χ2v) is 8.18. The molecule has 1 unspecified atom stereocenters. The van der Waals surface area contributed by atoms with Crippen molar-refractivity contribution >= 4 is 0 Å². The van der Waals surface area contributed by atoms with E-state index < -0.39 is 0 Å². The van der Waals surface area contributed by atoms with Gasteiger partial charge in [0.05, 0.1) is 6.04 Å². The third-order valence-electron chi connectivity index (χ3n) is 6.36. The molecule has 1 aromatic rings. The normalized spacial score (nSPS) is 38.9. The van der Waals surface area contributed by atoms with Gasteiger partial charge in [-0.1, -0.05) is 6.92 Å². The van der Waals surface area contributed by atoms with Gasteiger partial charge < -0.3 is 9.73 Å². The summed E-state index contributed by atoms with van der Waals surface area (Å²) in [5, 5.41) is 3.69. The van der Waals surface area contributed by atoms with Gasteiger partial charge in [0, 0.05) is 0 Å². The molecule has 1 aromatic heterocycles. The zero-order chi connectivity index (χ0) is 14.4. The molecule has 0 aliphatic heterocycles. The summed E-state index contributed by atoms with van der Waals surface area (Å²) in [5.41, 5.74) is 0.613. The fourth-order valence-corrected chi connectivity index (χ4v) is 6.13. The van der Waals surface area contributed by atoms with E-state index in [9.17, 15) is 0 Å². The second kappa shape index (κ2) is 5.15. The highest BCUT2D eigenvalue weighted by Crippen LogP contribution is 2.62. The van der Waals surface area contributed by atoms with Crippen LogP contribution in [-0.2, 0) is 0 Å². The smallest absolute Gasteiger partial charge is 0.121 e. The minimum atomic E-state index is 0.417. The number of aryl methyl sites for hydroxylation is 1. The molecule has 2 nitrogen and oxygen atoms in total. The molecule has 1 atom stereocenters. The first-order valence-corrected chi connectivity index (χ1v) is 8.95. The molecule has 0 radical (unpaired) electrons. The van der Waals surface area contributed by atoms with E-state index in [1.165, 1.54) is 44.9 Å². The van der Waals surface area contributed by atoms with Crippen molar-refractivity contribution in [2.45, 2.75) is 64.8 Å². The molecule has 4 fully saturated rings. The predicted octanol–water partition coefficient (Wildman–Crippen LogP) is 4.85. The summed E-state index contributed by atoms with van der Waals surface area (Å²) in [6, 6.07) is 4.71. The van der Waals surface area contributed by atoms with Crippen LogP contribution in [0.15, 0.2) is 16.5 Å². The lowest BCUT2D eigenvalue weighted by atomic mass is 9.48. The van der Waals surface area contributed by atoms with Crippen molar-refractivity contribution in [3.8, 4) is 0 Å². The quantitative estimate of drug-likeness (QED) is 0.838. The van der Waals surface area contributed by atoms with Crippen molar-refractivity contribution in [3.05, 3.63) is 23.7 Å². The van der Waals surface area contributed by atoms with Crippen molar-refractivity contribution < 1.29 is 4.42 Å². The molecule has 5 rings (SSSR count). The molecule has 4 bridgehead atoms. The van der Waals surface area contributed by atoms with E-state index in [0.29, 0.717) is 11.5 Å². The average Bonchev–Trinajstić information content (AvgIpc) is 2.83. The minimum absolute atomic E-state index is 0.417. The van der Waals surface area contributed by atoms with Gasteiger partial charge in [-0.05, 0) is 93.7 Å². The Balaban J connectivity index is 1.55. The lowest BCUT2D eigenvalue weighted by Crippen LogP contribution is -2.47. The monoisotopic (exact) mass is 287 g/mol. The molecular formula is C19H29NO. The predicted molar refractivity (Wildman–Crippen MR) is 85.1 cm³/mol. The molecule has 0 aromatic carbocycles. The Morgan fingerprint density at radius 1 is 1.14 bits per heavy atom. The largest absolute Gasteiger partial charge is 0.465 e. The molecular weight excluding hydrogens is 258 g/mol. The van der Waals surface area contributed by atoms with Crippen LogP contribution in [0.1, 0.15) is 69.4 Å². The van der Waals surface area contributed by atoms with E-state index in [1.54, 1.807) is 0 Å². The van der Waals surface area contributed by atoms with Crippen LogP contribution in [0.3, 0.4) is 0 Å².